The molecule has 1 fully saturated rings. The van der Waals surface area contributed by atoms with E-state index in [4.69, 9.17) is 0 Å². The molecule has 0 amide bonds. The van der Waals surface area contributed by atoms with Crippen molar-refractivity contribution in [2.45, 2.75) is 0 Å². The van der Waals surface area contributed by atoms with Crippen LogP contribution in [0, 0.1) is 0 Å². The van der Waals surface area contributed by atoms with Crippen LogP contribution in [-0.2, 0) is 0 Å². The second-order valence-corrected chi connectivity index (χ2v) is 6.22. The van der Waals surface area contributed by atoms with Crippen LogP contribution >= 0.6 is 15.9 Å². The minimum Gasteiger partial charge on any atom is -0.506 e. The fourth-order valence-corrected chi connectivity index (χ4v) is 2.55. The first-order valence-corrected chi connectivity index (χ1v) is 8.58. The highest BCUT2D eigenvalue weighted by molar-refractivity contribution is 9.10. The lowest BCUT2D eigenvalue weighted by atomic mass is 10.2. The summed E-state index contributed by atoms with van der Waals surface area (Å²) in [5.41, 5.74) is 0.833. The molecular weight excluding hydrogens is 344 g/mol. The summed E-state index contributed by atoms with van der Waals surface area (Å²) >= 11 is 3.41. The molecule has 4 N–H and O–H groups in total. The standard InChI is InChI=1S/C16H25BrN4O/c17-15-3-1-14(2-4-15)16(22)13-21-11-9-19-7-5-18-6-8-20-10-12-21/h1-4,13,18-20,22H,5-12H2/b16-13-. The van der Waals surface area contributed by atoms with Crippen LogP contribution in [0.5, 0.6) is 0 Å². The lowest BCUT2D eigenvalue weighted by Gasteiger charge is -2.22. The molecule has 0 unspecified atom stereocenters. The van der Waals surface area contributed by atoms with Gasteiger partial charge in [-0.05, 0) is 12.1 Å². The Bertz CT molecular complexity index is 452. The van der Waals surface area contributed by atoms with Crippen LogP contribution in [0.4, 0.5) is 0 Å². The molecule has 6 heteroatoms. The van der Waals surface area contributed by atoms with E-state index in [0.29, 0.717) is 5.76 Å². The van der Waals surface area contributed by atoms with Gasteiger partial charge in [-0.15, -0.1) is 0 Å². The molecule has 0 aromatic heterocycles. The number of nitrogens with one attached hydrogen (secondary N) is 3. The summed E-state index contributed by atoms with van der Waals surface area (Å²) in [6, 6.07) is 7.70. The first-order chi connectivity index (χ1) is 10.8. The zero-order valence-electron chi connectivity index (χ0n) is 12.8. The minimum absolute atomic E-state index is 0.307. The molecule has 1 saturated heterocycles. The van der Waals surface area contributed by atoms with Gasteiger partial charge in [0.05, 0.1) is 0 Å². The van der Waals surface area contributed by atoms with Crippen molar-refractivity contribution in [3.8, 4) is 0 Å². The Labute approximate surface area is 140 Å². The molecular formula is C16H25BrN4O. The van der Waals surface area contributed by atoms with E-state index in [1.165, 1.54) is 0 Å². The molecule has 122 valence electrons. The van der Waals surface area contributed by atoms with Crippen molar-refractivity contribution in [1.29, 1.82) is 0 Å². The van der Waals surface area contributed by atoms with E-state index in [1.807, 2.05) is 30.5 Å². The second kappa shape index (κ2) is 9.84. The summed E-state index contributed by atoms with van der Waals surface area (Å²) in [5, 5.41) is 20.5. The number of hydrogen-bond acceptors (Lipinski definition) is 5. The van der Waals surface area contributed by atoms with Gasteiger partial charge in [-0.2, -0.15) is 0 Å². The fraction of sp³-hybridized carbons (Fsp3) is 0.500. The molecule has 0 spiro atoms. The van der Waals surface area contributed by atoms with E-state index in [0.717, 1.165) is 62.4 Å². The Hall–Kier alpha value is -1.08. The highest BCUT2D eigenvalue weighted by Gasteiger charge is 2.05. The second-order valence-electron chi connectivity index (χ2n) is 5.31. The molecule has 1 aliphatic rings. The van der Waals surface area contributed by atoms with E-state index >= 15 is 0 Å². The fourth-order valence-electron chi connectivity index (χ4n) is 2.28. The Balaban J connectivity index is 1.95. The molecule has 1 aliphatic heterocycles. The van der Waals surface area contributed by atoms with Crippen LogP contribution in [-0.4, -0.2) is 62.4 Å². The van der Waals surface area contributed by atoms with Gasteiger partial charge >= 0.3 is 0 Å². The van der Waals surface area contributed by atoms with Crippen LogP contribution in [0.2, 0.25) is 0 Å². The highest BCUT2D eigenvalue weighted by Crippen LogP contribution is 2.16. The Morgan fingerprint density at radius 1 is 0.909 bits per heavy atom. The number of aliphatic hydroxyl groups is 1. The third-order valence-corrected chi connectivity index (χ3v) is 4.08. The summed E-state index contributed by atoms with van der Waals surface area (Å²) in [4.78, 5) is 2.16. The number of nitrogens with zero attached hydrogens (tertiary/aromatic N) is 1. The minimum atomic E-state index is 0.307. The molecule has 1 heterocycles. The monoisotopic (exact) mass is 368 g/mol. The quantitative estimate of drug-likeness (QED) is 0.594. The maximum Gasteiger partial charge on any atom is 0.138 e. The van der Waals surface area contributed by atoms with Gasteiger partial charge in [0.2, 0.25) is 0 Å². The van der Waals surface area contributed by atoms with Crippen molar-refractivity contribution < 1.29 is 5.11 Å². The normalized spacial score (nSPS) is 19.3. The van der Waals surface area contributed by atoms with Gasteiger partial charge in [0.15, 0.2) is 0 Å². The summed E-state index contributed by atoms with van der Waals surface area (Å²) in [6.45, 7) is 7.48. The lowest BCUT2D eigenvalue weighted by molar-refractivity contribution is 0.353. The SMILES string of the molecule is O/C(=C\N1CCNCCNCCNCC1)c1ccc(Br)cc1. The van der Waals surface area contributed by atoms with Gasteiger partial charge in [-0.3, -0.25) is 0 Å². The van der Waals surface area contributed by atoms with Crippen molar-refractivity contribution >= 4 is 21.7 Å². The largest absolute Gasteiger partial charge is 0.506 e. The van der Waals surface area contributed by atoms with Crippen LogP contribution < -0.4 is 16.0 Å². The van der Waals surface area contributed by atoms with Crippen molar-refractivity contribution in [2.24, 2.45) is 0 Å². The van der Waals surface area contributed by atoms with E-state index in [2.05, 4.69) is 36.8 Å². The van der Waals surface area contributed by atoms with Gasteiger partial charge in [-0.25, -0.2) is 0 Å². The highest BCUT2D eigenvalue weighted by atomic mass is 79.9. The summed E-state index contributed by atoms with van der Waals surface area (Å²) in [6.07, 6.45) is 1.84. The Morgan fingerprint density at radius 3 is 1.95 bits per heavy atom. The number of halogens is 1. The van der Waals surface area contributed by atoms with E-state index in [1.54, 1.807) is 0 Å². The van der Waals surface area contributed by atoms with E-state index in [9.17, 15) is 5.11 Å². The van der Waals surface area contributed by atoms with Crippen LogP contribution in [0.15, 0.2) is 34.9 Å². The third-order valence-electron chi connectivity index (χ3n) is 3.55. The number of hydrogen-bond donors (Lipinski definition) is 4. The van der Waals surface area contributed by atoms with Gasteiger partial charge in [0.25, 0.3) is 0 Å². The molecule has 0 saturated carbocycles. The first-order valence-electron chi connectivity index (χ1n) is 7.78. The molecule has 1 aromatic carbocycles. The number of benzene rings is 1. The van der Waals surface area contributed by atoms with Crippen molar-refractivity contribution in [1.82, 2.24) is 20.9 Å². The van der Waals surface area contributed by atoms with Crippen LogP contribution in [0.25, 0.3) is 5.76 Å². The Kier molecular flexibility index (Phi) is 7.73. The van der Waals surface area contributed by atoms with E-state index < -0.39 is 0 Å². The van der Waals surface area contributed by atoms with E-state index in [-0.39, 0.29) is 0 Å². The first kappa shape index (κ1) is 17.3. The zero-order chi connectivity index (χ0) is 15.6. The average molecular weight is 369 g/mol. The Morgan fingerprint density at radius 2 is 1.41 bits per heavy atom. The molecule has 0 bridgehead atoms. The van der Waals surface area contributed by atoms with Gasteiger partial charge < -0.3 is 26.0 Å². The van der Waals surface area contributed by atoms with Crippen molar-refractivity contribution in [3.63, 3.8) is 0 Å². The van der Waals surface area contributed by atoms with Crippen LogP contribution in [0.1, 0.15) is 5.56 Å². The summed E-state index contributed by atoms with van der Waals surface area (Å²) in [7, 11) is 0. The average Bonchev–Trinajstić information content (AvgIpc) is 2.50. The van der Waals surface area contributed by atoms with Crippen LogP contribution in [0.3, 0.4) is 0 Å². The molecule has 5 nitrogen and oxygen atoms in total. The topological polar surface area (TPSA) is 59.6 Å². The maximum atomic E-state index is 10.3. The predicted molar refractivity (Wildman–Crippen MR) is 94.9 cm³/mol. The summed E-state index contributed by atoms with van der Waals surface area (Å²) < 4.78 is 1.01. The van der Waals surface area contributed by atoms with Gasteiger partial charge in [0, 0.05) is 68.6 Å². The van der Waals surface area contributed by atoms with Gasteiger partial charge in [-0.1, -0.05) is 28.1 Å². The molecule has 1 aromatic rings. The van der Waals surface area contributed by atoms with Crippen molar-refractivity contribution in [3.05, 3.63) is 40.5 Å². The third kappa shape index (κ3) is 6.36. The molecule has 0 atom stereocenters. The smallest absolute Gasteiger partial charge is 0.138 e. The number of aliphatic hydroxyl groups excluding tert-OH is 1. The molecule has 22 heavy (non-hydrogen) atoms. The lowest BCUT2D eigenvalue weighted by Crippen LogP contribution is -2.40. The predicted octanol–water partition coefficient (Wildman–Crippen LogP) is 1.39. The van der Waals surface area contributed by atoms with Crippen molar-refractivity contribution in [2.75, 3.05) is 52.4 Å². The molecule has 0 aliphatic carbocycles. The summed E-state index contributed by atoms with van der Waals surface area (Å²) in [5.74, 6) is 0.307. The maximum absolute atomic E-state index is 10.3. The molecule has 0 radical (unpaired) electrons. The number of rotatable bonds is 2. The zero-order valence-corrected chi connectivity index (χ0v) is 14.4. The van der Waals surface area contributed by atoms with Gasteiger partial charge in [0.1, 0.15) is 5.76 Å². The molecule has 2 rings (SSSR count).